The van der Waals surface area contributed by atoms with Gasteiger partial charge < -0.3 is 20.5 Å². The van der Waals surface area contributed by atoms with Gasteiger partial charge in [-0.15, -0.1) is 11.3 Å². The topological polar surface area (TPSA) is 113 Å². The number of ether oxygens (including phenoxy) is 1. The first kappa shape index (κ1) is 26.8. The number of nitrogens with one attached hydrogen (secondary N) is 2. The van der Waals surface area contributed by atoms with E-state index in [1.165, 1.54) is 0 Å². The van der Waals surface area contributed by atoms with E-state index < -0.39 is 12.0 Å². The molecular formula is C29H30N4O4S. The molecule has 0 saturated carbocycles. The van der Waals surface area contributed by atoms with E-state index in [2.05, 4.69) is 15.6 Å². The summed E-state index contributed by atoms with van der Waals surface area (Å²) >= 11 is 1.54. The first-order valence-electron chi connectivity index (χ1n) is 12.1. The SMILES string of the molecule is COc1ccnc(NCc2nc(-c3ccc(CC(NC(=O)c4c(C)cc(C)cc4C)C(=O)O)cc3)cs2)c1. The second-order valence-corrected chi connectivity index (χ2v) is 10.0. The summed E-state index contributed by atoms with van der Waals surface area (Å²) in [6, 6.07) is 14.0. The van der Waals surface area contributed by atoms with Crippen LogP contribution in [0, 0.1) is 20.8 Å². The summed E-state index contributed by atoms with van der Waals surface area (Å²) < 4.78 is 5.22. The number of carbonyl (C=O) groups excluding carboxylic acids is 1. The average molecular weight is 531 g/mol. The zero-order chi connectivity index (χ0) is 27.2. The van der Waals surface area contributed by atoms with Crippen molar-refractivity contribution >= 4 is 29.0 Å². The van der Waals surface area contributed by atoms with Crippen LogP contribution in [0.4, 0.5) is 5.82 Å². The molecule has 196 valence electrons. The highest BCUT2D eigenvalue weighted by atomic mass is 32.1. The minimum absolute atomic E-state index is 0.172. The number of benzene rings is 2. The lowest BCUT2D eigenvalue weighted by atomic mass is 9.98. The number of amides is 1. The Labute approximate surface area is 225 Å². The van der Waals surface area contributed by atoms with Gasteiger partial charge in [0.25, 0.3) is 5.91 Å². The monoisotopic (exact) mass is 530 g/mol. The number of rotatable bonds is 10. The van der Waals surface area contributed by atoms with E-state index in [0.717, 1.165) is 44.3 Å². The number of aromatic nitrogens is 2. The number of nitrogens with zero attached hydrogens (tertiary/aromatic N) is 2. The quantitative estimate of drug-likeness (QED) is 0.259. The number of carbonyl (C=O) groups is 2. The van der Waals surface area contributed by atoms with Crippen molar-refractivity contribution in [2.45, 2.75) is 39.8 Å². The number of carboxylic acid groups (broad SMARTS) is 1. The second kappa shape index (κ2) is 11.9. The van der Waals surface area contributed by atoms with Gasteiger partial charge in [-0.3, -0.25) is 4.79 Å². The van der Waals surface area contributed by atoms with Crippen molar-refractivity contribution < 1.29 is 19.4 Å². The van der Waals surface area contributed by atoms with Crippen LogP contribution in [0.15, 0.2) is 60.1 Å². The molecule has 38 heavy (non-hydrogen) atoms. The molecule has 3 N–H and O–H groups in total. The molecule has 0 fully saturated rings. The lowest BCUT2D eigenvalue weighted by molar-refractivity contribution is -0.139. The third-order valence-electron chi connectivity index (χ3n) is 6.14. The minimum atomic E-state index is -1.08. The molecule has 2 aromatic heterocycles. The van der Waals surface area contributed by atoms with Gasteiger partial charge in [0.15, 0.2) is 0 Å². The molecule has 8 nitrogen and oxygen atoms in total. The van der Waals surface area contributed by atoms with Crippen molar-refractivity contribution in [1.82, 2.24) is 15.3 Å². The molecule has 0 saturated heterocycles. The standard InChI is InChI=1S/C29H30N4O4S/c1-17-11-18(2)27(19(3)12-17)28(34)33-23(29(35)36)13-20-5-7-21(8-6-20)24-16-38-26(32-24)15-31-25-14-22(37-4)9-10-30-25/h5-12,14,16,23H,13,15H2,1-4H3,(H,30,31)(H,33,34)(H,35,36). The maximum Gasteiger partial charge on any atom is 0.326 e. The highest BCUT2D eigenvalue weighted by molar-refractivity contribution is 7.10. The number of thiazole rings is 1. The van der Waals surface area contributed by atoms with Crippen molar-refractivity contribution in [2.75, 3.05) is 12.4 Å². The highest BCUT2D eigenvalue weighted by Crippen LogP contribution is 2.24. The van der Waals surface area contributed by atoms with Crippen LogP contribution in [0.25, 0.3) is 11.3 Å². The van der Waals surface area contributed by atoms with Crippen LogP contribution in [0.2, 0.25) is 0 Å². The van der Waals surface area contributed by atoms with Crippen LogP contribution < -0.4 is 15.4 Å². The first-order valence-corrected chi connectivity index (χ1v) is 13.0. The van der Waals surface area contributed by atoms with Crippen molar-refractivity contribution in [2.24, 2.45) is 0 Å². The maximum absolute atomic E-state index is 12.9. The van der Waals surface area contributed by atoms with Gasteiger partial charge in [0.1, 0.15) is 22.6 Å². The number of aryl methyl sites for hydroxylation is 3. The smallest absolute Gasteiger partial charge is 0.326 e. The molecule has 1 amide bonds. The maximum atomic E-state index is 12.9. The van der Waals surface area contributed by atoms with E-state index in [-0.39, 0.29) is 12.3 Å². The van der Waals surface area contributed by atoms with Crippen LogP contribution >= 0.6 is 11.3 Å². The first-order chi connectivity index (χ1) is 18.2. The summed E-state index contributed by atoms with van der Waals surface area (Å²) in [5.74, 6) is -0.0190. The number of methoxy groups -OCH3 is 1. The number of hydrogen-bond donors (Lipinski definition) is 3. The second-order valence-electron chi connectivity index (χ2n) is 9.10. The van der Waals surface area contributed by atoms with E-state index >= 15 is 0 Å². The zero-order valence-corrected chi connectivity index (χ0v) is 22.6. The fourth-order valence-electron chi connectivity index (χ4n) is 4.34. The molecule has 9 heteroatoms. The molecule has 0 aliphatic heterocycles. The number of carboxylic acids is 1. The molecule has 1 unspecified atom stereocenters. The Hall–Kier alpha value is -4.24. The summed E-state index contributed by atoms with van der Waals surface area (Å²) in [4.78, 5) is 33.8. The Morgan fingerprint density at radius 2 is 1.76 bits per heavy atom. The van der Waals surface area contributed by atoms with E-state index in [0.29, 0.717) is 17.9 Å². The fraction of sp³-hybridized carbons (Fsp3) is 0.241. The van der Waals surface area contributed by atoms with Crippen molar-refractivity contribution in [3.05, 3.63) is 92.9 Å². The number of hydrogen-bond acceptors (Lipinski definition) is 7. The van der Waals surface area contributed by atoms with Crippen LogP contribution in [0.5, 0.6) is 5.75 Å². The van der Waals surface area contributed by atoms with E-state index in [1.807, 2.05) is 68.6 Å². The predicted octanol–water partition coefficient (Wildman–Crippen LogP) is 5.18. The molecular weight excluding hydrogens is 500 g/mol. The van der Waals surface area contributed by atoms with Gasteiger partial charge >= 0.3 is 5.97 Å². The van der Waals surface area contributed by atoms with Gasteiger partial charge in [-0.05, 0) is 43.5 Å². The molecule has 1 atom stereocenters. The molecule has 0 spiro atoms. The Bertz CT molecular complexity index is 1430. The van der Waals surface area contributed by atoms with Gasteiger partial charge in [0, 0.05) is 35.2 Å². The molecule has 4 rings (SSSR count). The number of pyridine rings is 1. The minimum Gasteiger partial charge on any atom is -0.497 e. The van der Waals surface area contributed by atoms with Crippen LogP contribution in [-0.2, 0) is 17.8 Å². The summed E-state index contributed by atoms with van der Waals surface area (Å²) in [6.07, 6.45) is 1.85. The Morgan fingerprint density at radius 1 is 1.05 bits per heavy atom. The summed E-state index contributed by atoms with van der Waals surface area (Å²) in [6.45, 7) is 6.22. The van der Waals surface area contributed by atoms with E-state index in [1.54, 1.807) is 30.7 Å². The molecule has 4 aromatic rings. The van der Waals surface area contributed by atoms with Gasteiger partial charge in [0.05, 0.1) is 19.3 Å². The van der Waals surface area contributed by atoms with Crippen LogP contribution in [0.3, 0.4) is 0 Å². The van der Waals surface area contributed by atoms with Gasteiger partial charge in [0.2, 0.25) is 0 Å². The molecule has 2 heterocycles. The van der Waals surface area contributed by atoms with Crippen molar-refractivity contribution in [3.8, 4) is 17.0 Å². The largest absolute Gasteiger partial charge is 0.497 e. The lowest BCUT2D eigenvalue weighted by Gasteiger charge is -2.17. The average Bonchev–Trinajstić information content (AvgIpc) is 3.36. The van der Waals surface area contributed by atoms with Crippen molar-refractivity contribution in [1.29, 1.82) is 0 Å². The lowest BCUT2D eigenvalue weighted by Crippen LogP contribution is -2.42. The molecule has 0 aliphatic carbocycles. The summed E-state index contributed by atoms with van der Waals surface area (Å²) in [5.41, 5.74) is 5.80. The number of aliphatic carboxylic acids is 1. The van der Waals surface area contributed by atoms with Crippen LogP contribution in [0.1, 0.15) is 37.6 Å². The third-order valence-corrected chi connectivity index (χ3v) is 6.99. The third kappa shape index (κ3) is 6.54. The molecule has 0 radical (unpaired) electrons. The highest BCUT2D eigenvalue weighted by Gasteiger charge is 2.23. The zero-order valence-electron chi connectivity index (χ0n) is 21.7. The van der Waals surface area contributed by atoms with Crippen molar-refractivity contribution in [3.63, 3.8) is 0 Å². The fourth-order valence-corrected chi connectivity index (χ4v) is 5.08. The molecule has 0 aliphatic rings. The summed E-state index contributed by atoms with van der Waals surface area (Å²) in [5, 5.41) is 18.6. The Morgan fingerprint density at radius 3 is 2.42 bits per heavy atom. The Kier molecular flexibility index (Phi) is 8.38. The van der Waals surface area contributed by atoms with E-state index in [4.69, 9.17) is 9.72 Å². The predicted molar refractivity (Wildman–Crippen MR) is 149 cm³/mol. The molecule has 2 aromatic carbocycles. The van der Waals surface area contributed by atoms with Gasteiger partial charge in [-0.2, -0.15) is 0 Å². The van der Waals surface area contributed by atoms with Crippen LogP contribution in [-0.4, -0.2) is 40.1 Å². The Balaban J connectivity index is 1.39. The molecule has 0 bridgehead atoms. The van der Waals surface area contributed by atoms with Gasteiger partial charge in [-0.1, -0.05) is 42.0 Å². The van der Waals surface area contributed by atoms with Gasteiger partial charge in [-0.25, -0.2) is 14.8 Å². The van der Waals surface area contributed by atoms with E-state index in [9.17, 15) is 14.7 Å². The summed E-state index contributed by atoms with van der Waals surface area (Å²) in [7, 11) is 1.61. The number of anilines is 1. The normalized spacial score (nSPS) is 11.6.